The fourth-order valence-corrected chi connectivity index (χ4v) is 1.48. The normalized spacial score (nSPS) is 20.4. The fraction of sp³-hybridized carbons (Fsp3) is 0.250. The van der Waals surface area contributed by atoms with Gasteiger partial charge in [0, 0.05) is 10.6 Å². The Hall–Kier alpha value is -0.800. The SMILES string of the molecule is N[C@@H]1COc2c(F)cc(Cl)cc21. The number of benzene rings is 1. The van der Waals surface area contributed by atoms with Gasteiger partial charge in [0.1, 0.15) is 6.61 Å². The van der Waals surface area contributed by atoms with Gasteiger partial charge in [-0.25, -0.2) is 4.39 Å². The third kappa shape index (κ3) is 1.06. The van der Waals surface area contributed by atoms with Gasteiger partial charge in [0.05, 0.1) is 6.04 Å². The van der Waals surface area contributed by atoms with Crippen LogP contribution in [-0.2, 0) is 0 Å². The molecule has 0 saturated carbocycles. The Bertz CT molecular complexity index is 329. The molecule has 2 N–H and O–H groups in total. The molecule has 1 aromatic carbocycles. The lowest BCUT2D eigenvalue weighted by Crippen LogP contribution is -2.10. The van der Waals surface area contributed by atoms with E-state index in [1.165, 1.54) is 6.07 Å². The Morgan fingerprint density at radius 2 is 2.33 bits per heavy atom. The highest BCUT2D eigenvalue weighted by atomic mass is 35.5. The van der Waals surface area contributed by atoms with Crippen molar-refractivity contribution < 1.29 is 9.13 Å². The van der Waals surface area contributed by atoms with Gasteiger partial charge in [0.25, 0.3) is 0 Å². The molecule has 1 atom stereocenters. The predicted molar refractivity (Wildman–Crippen MR) is 43.8 cm³/mol. The van der Waals surface area contributed by atoms with Gasteiger partial charge >= 0.3 is 0 Å². The summed E-state index contributed by atoms with van der Waals surface area (Å²) in [5.41, 5.74) is 6.29. The van der Waals surface area contributed by atoms with Crippen molar-refractivity contribution in [3.05, 3.63) is 28.5 Å². The van der Waals surface area contributed by atoms with Gasteiger partial charge in [-0.05, 0) is 12.1 Å². The Kier molecular flexibility index (Phi) is 1.70. The molecule has 0 spiro atoms. The highest BCUT2D eigenvalue weighted by Gasteiger charge is 2.24. The summed E-state index contributed by atoms with van der Waals surface area (Å²) in [5, 5.41) is 0.354. The summed E-state index contributed by atoms with van der Waals surface area (Å²) in [6.07, 6.45) is 0. The molecule has 1 aromatic rings. The molecule has 0 saturated heterocycles. The number of nitrogens with two attached hydrogens (primary N) is 1. The molecule has 1 aliphatic heterocycles. The lowest BCUT2D eigenvalue weighted by Gasteiger charge is -2.01. The van der Waals surface area contributed by atoms with Crippen LogP contribution in [0.3, 0.4) is 0 Å². The molecule has 4 heteroatoms. The second-order valence-electron chi connectivity index (χ2n) is 2.72. The lowest BCUT2D eigenvalue weighted by atomic mass is 10.1. The van der Waals surface area contributed by atoms with E-state index >= 15 is 0 Å². The van der Waals surface area contributed by atoms with E-state index < -0.39 is 5.82 Å². The molecule has 64 valence electrons. The minimum atomic E-state index is -0.439. The van der Waals surface area contributed by atoms with Crippen LogP contribution in [-0.4, -0.2) is 6.61 Å². The van der Waals surface area contributed by atoms with Crippen molar-refractivity contribution in [2.75, 3.05) is 6.61 Å². The van der Waals surface area contributed by atoms with Gasteiger partial charge in [0.15, 0.2) is 11.6 Å². The molecule has 12 heavy (non-hydrogen) atoms. The number of hydrogen-bond donors (Lipinski definition) is 1. The van der Waals surface area contributed by atoms with E-state index in [4.69, 9.17) is 22.1 Å². The fourth-order valence-electron chi connectivity index (χ4n) is 1.27. The van der Waals surface area contributed by atoms with E-state index in [0.717, 1.165) is 0 Å². The molecule has 2 rings (SSSR count). The van der Waals surface area contributed by atoms with E-state index in [2.05, 4.69) is 0 Å². The summed E-state index contributed by atoms with van der Waals surface area (Å²) in [4.78, 5) is 0. The van der Waals surface area contributed by atoms with Crippen molar-refractivity contribution >= 4 is 11.6 Å². The van der Waals surface area contributed by atoms with E-state index in [9.17, 15) is 4.39 Å². The van der Waals surface area contributed by atoms with Gasteiger partial charge in [-0.2, -0.15) is 0 Å². The molecule has 0 fully saturated rings. The molecule has 0 aromatic heterocycles. The zero-order valence-electron chi connectivity index (χ0n) is 6.18. The van der Waals surface area contributed by atoms with Crippen LogP contribution in [0.1, 0.15) is 11.6 Å². The molecule has 1 aliphatic rings. The number of halogens is 2. The Labute approximate surface area is 74.1 Å². The third-order valence-electron chi connectivity index (χ3n) is 1.84. The van der Waals surface area contributed by atoms with Crippen molar-refractivity contribution in [1.82, 2.24) is 0 Å². The monoisotopic (exact) mass is 187 g/mol. The van der Waals surface area contributed by atoms with Crippen LogP contribution in [0.2, 0.25) is 5.02 Å². The molecule has 0 radical (unpaired) electrons. The Balaban J connectivity index is 2.60. The van der Waals surface area contributed by atoms with E-state index in [1.807, 2.05) is 0 Å². The van der Waals surface area contributed by atoms with Crippen LogP contribution in [0.25, 0.3) is 0 Å². The first-order valence-corrected chi connectivity index (χ1v) is 3.93. The summed E-state index contributed by atoms with van der Waals surface area (Å²) >= 11 is 5.64. The third-order valence-corrected chi connectivity index (χ3v) is 2.06. The molecular formula is C8H7ClFNO. The highest BCUT2D eigenvalue weighted by molar-refractivity contribution is 6.30. The lowest BCUT2D eigenvalue weighted by molar-refractivity contribution is 0.319. The van der Waals surface area contributed by atoms with Gasteiger partial charge in [0.2, 0.25) is 0 Å². The largest absolute Gasteiger partial charge is 0.488 e. The number of hydrogen-bond acceptors (Lipinski definition) is 2. The first-order chi connectivity index (χ1) is 5.68. The second-order valence-corrected chi connectivity index (χ2v) is 3.16. The van der Waals surface area contributed by atoms with Crippen molar-refractivity contribution in [1.29, 1.82) is 0 Å². The zero-order valence-corrected chi connectivity index (χ0v) is 6.94. The van der Waals surface area contributed by atoms with Crippen LogP contribution in [0.15, 0.2) is 12.1 Å². The van der Waals surface area contributed by atoms with Gasteiger partial charge in [-0.1, -0.05) is 11.6 Å². The van der Waals surface area contributed by atoms with Crippen LogP contribution in [0, 0.1) is 5.82 Å². The van der Waals surface area contributed by atoms with Crippen LogP contribution < -0.4 is 10.5 Å². The maximum absolute atomic E-state index is 13.1. The van der Waals surface area contributed by atoms with Gasteiger partial charge < -0.3 is 10.5 Å². The maximum Gasteiger partial charge on any atom is 0.166 e. The predicted octanol–water partition coefficient (Wildman–Crippen LogP) is 1.87. The first-order valence-electron chi connectivity index (χ1n) is 3.56. The average Bonchev–Trinajstić information content (AvgIpc) is 2.33. The molecular weight excluding hydrogens is 181 g/mol. The topological polar surface area (TPSA) is 35.2 Å². The number of rotatable bonds is 0. The van der Waals surface area contributed by atoms with E-state index in [-0.39, 0.29) is 11.8 Å². The molecule has 1 heterocycles. The molecule has 0 unspecified atom stereocenters. The van der Waals surface area contributed by atoms with E-state index in [0.29, 0.717) is 17.2 Å². The van der Waals surface area contributed by atoms with Crippen LogP contribution in [0.4, 0.5) is 4.39 Å². The second kappa shape index (κ2) is 2.61. The summed E-state index contributed by atoms with van der Waals surface area (Å²) in [6.45, 7) is 0.326. The molecule has 0 amide bonds. The highest BCUT2D eigenvalue weighted by Crippen LogP contribution is 2.35. The Morgan fingerprint density at radius 3 is 3.08 bits per heavy atom. The summed E-state index contributed by atoms with van der Waals surface area (Å²) < 4.78 is 18.1. The van der Waals surface area contributed by atoms with Crippen molar-refractivity contribution in [3.63, 3.8) is 0 Å². The first kappa shape index (κ1) is 7.83. The summed E-state index contributed by atoms with van der Waals surface area (Å²) in [6, 6.07) is 2.60. The minimum absolute atomic E-state index is 0.243. The number of fused-ring (bicyclic) bond motifs is 1. The van der Waals surface area contributed by atoms with Crippen LogP contribution in [0.5, 0.6) is 5.75 Å². The zero-order chi connectivity index (χ0) is 8.72. The Morgan fingerprint density at radius 1 is 1.58 bits per heavy atom. The van der Waals surface area contributed by atoms with Gasteiger partial charge in [-0.15, -0.1) is 0 Å². The van der Waals surface area contributed by atoms with Crippen LogP contribution >= 0.6 is 11.6 Å². The standard InChI is InChI=1S/C8H7ClFNO/c9-4-1-5-7(11)3-12-8(5)6(10)2-4/h1-2,7H,3,11H2/t7-/m1/s1. The maximum atomic E-state index is 13.1. The van der Waals surface area contributed by atoms with Crippen molar-refractivity contribution in [3.8, 4) is 5.75 Å². The van der Waals surface area contributed by atoms with Crippen molar-refractivity contribution in [2.45, 2.75) is 6.04 Å². The molecule has 0 aliphatic carbocycles. The molecule has 2 nitrogen and oxygen atoms in total. The minimum Gasteiger partial charge on any atom is -0.488 e. The van der Waals surface area contributed by atoms with Gasteiger partial charge in [-0.3, -0.25) is 0 Å². The number of ether oxygens (including phenoxy) is 1. The molecule has 0 bridgehead atoms. The van der Waals surface area contributed by atoms with Crippen molar-refractivity contribution in [2.24, 2.45) is 5.73 Å². The quantitative estimate of drug-likeness (QED) is 0.673. The summed E-state index contributed by atoms with van der Waals surface area (Å²) in [7, 11) is 0. The average molecular weight is 188 g/mol. The summed E-state index contributed by atoms with van der Waals surface area (Å²) in [5.74, 6) is -0.197. The smallest absolute Gasteiger partial charge is 0.166 e. The van der Waals surface area contributed by atoms with E-state index in [1.54, 1.807) is 6.07 Å².